The van der Waals surface area contributed by atoms with Crippen molar-refractivity contribution in [3.63, 3.8) is 0 Å². The van der Waals surface area contributed by atoms with E-state index < -0.39 is 11.5 Å². The van der Waals surface area contributed by atoms with Gasteiger partial charge in [-0.25, -0.2) is 5.43 Å². The molecule has 32 heavy (non-hydrogen) atoms. The summed E-state index contributed by atoms with van der Waals surface area (Å²) in [5.41, 5.74) is 1.99. The summed E-state index contributed by atoms with van der Waals surface area (Å²) in [7, 11) is 0. The number of nitrogens with zero attached hydrogens (tertiary/aromatic N) is 1. The van der Waals surface area contributed by atoms with Gasteiger partial charge in [0.05, 0.1) is 11.2 Å². The van der Waals surface area contributed by atoms with Gasteiger partial charge in [-0.2, -0.15) is 5.10 Å². The minimum atomic E-state index is -1.91. The van der Waals surface area contributed by atoms with Crippen molar-refractivity contribution >= 4 is 35.3 Å². The van der Waals surface area contributed by atoms with E-state index in [1.165, 1.54) is 6.21 Å². The second kappa shape index (κ2) is 9.40. The van der Waals surface area contributed by atoms with Gasteiger partial charge in [-0.1, -0.05) is 83.9 Å². The molecule has 2 N–H and O–H groups in total. The van der Waals surface area contributed by atoms with Crippen molar-refractivity contribution in [1.29, 1.82) is 0 Å². The van der Waals surface area contributed by atoms with Gasteiger partial charge in [-0.3, -0.25) is 4.79 Å². The number of carbonyl (C=O) groups excluding carboxylic acids is 1. The number of nitrogens with one attached hydrogen (secondary N) is 1. The molecule has 4 aromatic rings. The largest absolute Gasteiger partial charge is 0.455 e. The van der Waals surface area contributed by atoms with Crippen LogP contribution in [0.1, 0.15) is 16.9 Å². The molecule has 5 nitrogen and oxygen atoms in total. The Labute approximate surface area is 194 Å². The number of benzene rings is 3. The number of hydrogen-bond donors (Lipinski definition) is 2. The molecule has 0 aliphatic carbocycles. The van der Waals surface area contributed by atoms with Crippen molar-refractivity contribution in [3.8, 4) is 11.3 Å². The molecule has 3 aromatic carbocycles. The van der Waals surface area contributed by atoms with Crippen LogP contribution in [0, 0.1) is 0 Å². The maximum Gasteiger partial charge on any atom is 0.281 e. The summed E-state index contributed by atoms with van der Waals surface area (Å²) in [4.78, 5) is 13.0. The Bertz CT molecular complexity index is 1220. The van der Waals surface area contributed by atoms with Gasteiger partial charge in [0, 0.05) is 10.6 Å². The Morgan fingerprint density at radius 3 is 2.16 bits per heavy atom. The minimum absolute atomic E-state index is 0.388. The van der Waals surface area contributed by atoms with E-state index in [4.69, 9.17) is 27.6 Å². The maximum atomic E-state index is 13.0. The number of hydrazone groups is 1. The molecule has 4 rings (SSSR count). The average molecular weight is 465 g/mol. The number of aliphatic hydroxyl groups is 1. The van der Waals surface area contributed by atoms with Crippen molar-refractivity contribution in [2.45, 2.75) is 5.60 Å². The van der Waals surface area contributed by atoms with E-state index in [2.05, 4.69) is 10.5 Å². The Hall–Kier alpha value is -3.38. The molecule has 0 aliphatic rings. The van der Waals surface area contributed by atoms with E-state index in [9.17, 15) is 9.90 Å². The van der Waals surface area contributed by atoms with Gasteiger partial charge < -0.3 is 9.52 Å². The van der Waals surface area contributed by atoms with E-state index >= 15 is 0 Å². The minimum Gasteiger partial charge on any atom is -0.455 e. The topological polar surface area (TPSA) is 74.8 Å². The first-order chi connectivity index (χ1) is 15.5. The number of hydrogen-bond acceptors (Lipinski definition) is 4. The van der Waals surface area contributed by atoms with Crippen LogP contribution in [-0.2, 0) is 10.4 Å². The number of furan rings is 1. The van der Waals surface area contributed by atoms with E-state index in [1.807, 2.05) is 12.1 Å². The molecule has 0 unspecified atom stereocenters. The lowest BCUT2D eigenvalue weighted by Crippen LogP contribution is -2.43. The molecule has 1 heterocycles. The second-order valence-corrected chi connectivity index (χ2v) is 7.81. The quantitative estimate of drug-likeness (QED) is 0.286. The summed E-state index contributed by atoms with van der Waals surface area (Å²) in [6.45, 7) is 0. The number of halogens is 2. The summed E-state index contributed by atoms with van der Waals surface area (Å²) in [5.74, 6) is 0.200. The van der Waals surface area contributed by atoms with Gasteiger partial charge in [0.2, 0.25) is 0 Å². The van der Waals surface area contributed by atoms with Crippen molar-refractivity contribution < 1.29 is 14.3 Å². The van der Waals surface area contributed by atoms with Crippen molar-refractivity contribution in [3.05, 3.63) is 118 Å². The number of carbonyl (C=O) groups is 1. The third-order valence-electron chi connectivity index (χ3n) is 4.89. The van der Waals surface area contributed by atoms with E-state index in [1.54, 1.807) is 78.9 Å². The Morgan fingerprint density at radius 1 is 0.906 bits per heavy atom. The van der Waals surface area contributed by atoms with Crippen LogP contribution in [0.2, 0.25) is 10.0 Å². The molecule has 0 spiro atoms. The van der Waals surface area contributed by atoms with Gasteiger partial charge in [-0.05, 0) is 41.5 Å². The molecule has 0 aliphatic heterocycles. The molecule has 0 atom stereocenters. The lowest BCUT2D eigenvalue weighted by atomic mass is 9.85. The predicted molar refractivity (Wildman–Crippen MR) is 126 cm³/mol. The predicted octanol–water partition coefficient (Wildman–Crippen LogP) is 5.64. The van der Waals surface area contributed by atoms with Gasteiger partial charge in [0.1, 0.15) is 11.5 Å². The van der Waals surface area contributed by atoms with Crippen LogP contribution in [0.4, 0.5) is 0 Å². The smallest absolute Gasteiger partial charge is 0.281 e. The molecule has 1 amide bonds. The Kier molecular flexibility index (Phi) is 6.42. The third-order valence-corrected chi connectivity index (χ3v) is 5.45. The fourth-order valence-electron chi connectivity index (χ4n) is 3.28. The van der Waals surface area contributed by atoms with Crippen LogP contribution in [0.3, 0.4) is 0 Å². The molecular weight excluding hydrogens is 447 g/mol. The summed E-state index contributed by atoms with van der Waals surface area (Å²) in [6, 6.07) is 25.9. The average Bonchev–Trinajstić information content (AvgIpc) is 3.30. The SMILES string of the molecule is O=C(N/N=C/c1ccc(-c2cc(Cl)ccc2Cl)o1)C(O)(c1ccccc1)c1ccccc1. The van der Waals surface area contributed by atoms with E-state index in [0.29, 0.717) is 38.3 Å². The Morgan fingerprint density at radius 2 is 1.53 bits per heavy atom. The van der Waals surface area contributed by atoms with Crippen LogP contribution in [0.5, 0.6) is 0 Å². The van der Waals surface area contributed by atoms with E-state index in [0.717, 1.165) is 0 Å². The third kappa shape index (κ3) is 4.46. The fraction of sp³-hybridized carbons (Fsp3) is 0.0400. The van der Waals surface area contributed by atoms with Gasteiger partial charge in [0.25, 0.3) is 5.91 Å². The van der Waals surface area contributed by atoms with Crippen LogP contribution >= 0.6 is 23.2 Å². The lowest BCUT2D eigenvalue weighted by molar-refractivity contribution is -0.136. The first kappa shape index (κ1) is 21.8. The van der Waals surface area contributed by atoms with Crippen LogP contribution in [-0.4, -0.2) is 17.2 Å². The number of amides is 1. The molecular formula is C25H18Cl2N2O3. The number of rotatable bonds is 6. The zero-order chi connectivity index (χ0) is 22.6. The van der Waals surface area contributed by atoms with Crippen molar-refractivity contribution in [2.24, 2.45) is 5.10 Å². The highest BCUT2D eigenvalue weighted by Crippen LogP contribution is 2.32. The monoisotopic (exact) mass is 464 g/mol. The summed E-state index contributed by atoms with van der Waals surface area (Å²) in [6.07, 6.45) is 1.34. The molecule has 0 fully saturated rings. The molecule has 160 valence electrons. The summed E-state index contributed by atoms with van der Waals surface area (Å²) < 4.78 is 5.74. The van der Waals surface area contributed by atoms with Gasteiger partial charge in [0.15, 0.2) is 5.60 Å². The zero-order valence-corrected chi connectivity index (χ0v) is 18.2. The standard InChI is InChI=1S/C25H18Cl2N2O3/c26-19-11-13-22(27)21(15-19)23-14-12-20(32-23)16-28-29-24(30)25(31,17-7-3-1-4-8-17)18-9-5-2-6-10-18/h1-16,31H,(H,29,30)/b28-16+. The van der Waals surface area contributed by atoms with Crippen LogP contribution in [0.15, 0.2) is 101 Å². The highest BCUT2D eigenvalue weighted by Gasteiger charge is 2.39. The molecule has 0 bridgehead atoms. The highest BCUT2D eigenvalue weighted by molar-refractivity contribution is 6.35. The van der Waals surface area contributed by atoms with E-state index in [-0.39, 0.29) is 0 Å². The maximum absolute atomic E-state index is 13.0. The molecule has 1 aromatic heterocycles. The summed E-state index contributed by atoms with van der Waals surface area (Å²) >= 11 is 12.3. The first-order valence-corrected chi connectivity index (χ1v) is 10.5. The highest BCUT2D eigenvalue weighted by atomic mass is 35.5. The van der Waals surface area contributed by atoms with Gasteiger partial charge >= 0.3 is 0 Å². The van der Waals surface area contributed by atoms with Crippen LogP contribution in [0.25, 0.3) is 11.3 Å². The fourth-order valence-corrected chi connectivity index (χ4v) is 3.66. The van der Waals surface area contributed by atoms with Crippen LogP contribution < -0.4 is 5.43 Å². The molecule has 0 saturated carbocycles. The molecule has 0 radical (unpaired) electrons. The second-order valence-electron chi connectivity index (χ2n) is 6.97. The lowest BCUT2D eigenvalue weighted by Gasteiger charge is -2.26. The van der Waals surface area contributed by atoms with Gasteiger partial charge in [-0.15, -0.1) is 0 Å². The summed E-state index contributed by atoms with van der Waals surface area (Å²) in [5, 5.41) is 16.4. The molecule has 0 saturated heterocycles. The molecule has 7 heteroatoms. The first-order valence-electron chi connectivity index (χ1n) is 9.70. The van der Waals surface area contributed by atoms with Crippen molar-refractivity contribution in [2.75, 3.05) is 0 Å². The Balaban J connectivity index is 1.56. The zero-order valence-electron chi connectivity index (χ0n) is 16.7. The van der Waals surface area contributed by atoms with Crippen molar-refractivity contribution in [1.82, 2.24) is 5.43 Å². The normalized spacial score (nSPS) is 11.6.